The highest BCUT2D eigenvalue weighted by Crippen LogP contribution is 2.47. The predicted molar refractivity (Wildman–Crippen MR) is 125 cm³/mol. The van der Waals surface area contributed by atoms with Gasteiger partial charge in [-0.15, -0.1) is 0 Å². The number of ether oxygens (including phenoxy) is 1. The molecule has 3 atom stereocenters. The Bertz CT molecular complexity index is 1130. The molecule has 3 aromatic rings. The SMILES string of the molecule is C[C@@H]1CN2C(=N[C@H](c3ccccn3)[C@@H]2c2ccc(OCc3ccc(C(=O)O)cc3)cc2)S1. The minimum Gasteiger partial charge on any atom is -0.489 e. The van der Waals surface area contributed by atoms with Gasteiger partial charge in [-0.3, -0.25) is 9.98 Å². The number of carbonyl (C=O) groups is 1. The number of thioether (sulfide) groups is 1. The third-order valence-corrected chi connectivity index (χ3v) is 6.81. The Kier molecular flexibility index (Phi) is 5.57. The van der Waals surface area contributed by atoms with Crippen molar-refractivity contribution >= 4 is 22.9 Å². The van der Waals surface area contributed by atoms with Crippen LogP contribution in [0.15, 0.2) is 77.9 Å². The Morgan fingerprint density at radius 2 is 1.91 bits per heavy atom. The van der Waals surface area contributed by atoms with Crippen LogP contribution in [0.3, 0.4) is 0 Å². The van der Waals surface area contributed by atoms with Gasteiger partial charge in [0.2, 0.25) is 0 Å². The minimum atomic E-state index is -0.929. The van der Waals surface area contributed by atoms with Crippen molar-refractivity contribution in [3.05, 3.63) is 95.3 Å². The second-order valence-electron chi connectivity index (χ2n) is 8.00. The van der Waals surface area contributed by atoms with E-state index in [4.69, 9.17) is 14.8 Å². The number of benzene rings is 2. The van der Waals surface area contributed by atoms with E-state index in [1.807, 2.05) is 48.3 Å². The zero-order valence-electron chi connectivity index (χ0n) is 17.6. The first-order valence-corrected chi connectivity index (χ1v) is 11.4. The fourth-order valence-electron chi connectivity index (χ4n) is 4.15. The molecule has 1 N–H and O–H groups in total. The molecule has 2 aromatic carbocycles. The fourth-order valence-corrected chi connectivity index (χ4v) is 5.24. The molecule has 1 aromatic heterocycles. The first-order chi connectivity index (χ1) is 15.6. The summed E-state index contributed by atoms with van der Waals surface area (Å²) in [6.07, 6.45) is 1.83. The lowest BCUT2D eigenvalue weighted by molar-refractivity contribution is 0.0697. The molecule has 0 unspecified atom stereocenters. The van der Waals surface area contributed by atoms with Crippen LogP contribution < -0.4 is 4.74 Å². The van der Waals surface area contributed by atoms with Gasteiger partial charge in [-0.2, -0.15) is 0 Å². The number of nitrogens with zero attached hydrogens (tertiary/aromatic N) is 3. The Morgan fingerprint density at radius 1 is 1.12 bits per heavy atom. The number of carboxylic acid groups (broad SMARTS) is 1. The molecular weight excluding hydrogens is 422 g/mol. The first kappa shape index (κ1) is 20.6. The molecule has 162 valence electrons. The van der Waals surface area contributed by atoms with Gasteiger partial charge in [0.15, 0.2) is 5.17 Å². The van der Waals surface area contributed by atoms with Crippen molar-refractivity contribution in [3.63, 3.8) is 0 Å². The zero-order chi connectivity index (χ0) is 22.1. The minimum absolute atomic E-state index is 0.0225. The van der Waals surface area contributed by atoms with Crippen LogP contribution >= 0.6 is 11.8 Å². The van der Waals surface area contributed by atoms with Crippen LogP contribution in [-0.4, -0.2) is 37.9 Å². The lowest BCUT2D eigenvalue weighted by Gasteiger charge is -2.27. The molecule has 3 heterocycles. The summed E-state index contributed by atoms with van der Waals surface area (Å²) in [5, 5.41) is 10.6. The van der Waals surface area contributed by atoms with E-state index in [0.29, 0.717) is 11.9 Å². The standard InChI is InChI=1S/C25H23N3O3S/c1-16-14-28-23(22(27-25(28)32-16)21-4-2-3-13-26-21)18-9-11-20(12-10-18)31-15-17-5-7-19(8-6-17)24(29)30/h2-13,16,22-23H,14-15H2,1H3,(H,29,30)/t16-,22-,23+/m1/s1. The third-order valence-electron chi connectivity index (χ3n) is 5.71. The van der Waals surface area contributed by atoms with Crippen LogP contribution in [0.4, 0.5) is 0 Å². The van der Waals surface area contributed by atoms with E-state index in [1.165, 1.54) is 5.56 Å². The summed E-state index contributed by atoms with van der Waals surface area (Å²) in [5.74, 6) is -0.157. The van der Waals surface area contributed by atoms with E-state index in [2.05, 4.69) is 28.9 Å². The van der Waals surface area contributed by atoms with Gasteiger partial charge < -0.3 is 14.7 Å². The Morgan fingerprint density at radius 3 is 2.59 bits per heavy atom. The van der Waals surface area contributed by atoms with Crippen molar-refractivity contribution in [2.75, 3.05) is 6.54 Å². The topological polar surface area (TPSA) is 75.0 Å². The van der Waals surface area contributed by atoms with Gasteiger partial charge >= 0.3 is 5.97 Å². The largest absolute Gasteiger partial charge is 0.489 e. The average molecular weight is 446 g/mol. The molecule has 2 aliphatic heterocycles. The Hall–Kier alpha value is -3.32. The average Bonchev–Trinajstić information content (AvgIpc) is 3.35. The van der Waals surface area contributed by atoms with E-state index in [9.17, 15) is 4.79 Å². The van der Waals surface area contributed by atoms with Crippen LogP contribution in [0.25, 0.3) is 0 Å². The number of pyridine rings is 1. The molecule has 7 heteroatoms. The molecule has 2 aliphatic rings. The molecular formula is C25H23N3O3S. The number of fused-ring (bicyclic) bond motifs is 1. The number of aliphatic imine (C=N–C) groups is 1. The van der Waals surface area contributed by atoms with Gasteiger partial charge in [-0.05, 0) is 47.5 Å². The van der Waals surface area contributed by atoms with E-state index >= 15 is 0 Å². The Balaban J connectivity index is 1.32. The van der Waals surface area contributed by atoms with Gasteiger partial charge in [-0.1, -0.05) is 49.0 Å². The fraction of sp³-hybridized carbons (Fsp3) is 0.240. The molecule has 0 aliphatic carbocycles. The second-order valence-corrected chi connectivity index (χ2v) is 9.40. The molecule has 0 saturated carbocycles. The Labute approximate surface area is 191 Å². The monoisotopic (exact) mass is 445 g/mol. The molecule has 5 rings (SSSR count). The molecule has 0 spiro atoms. The number of aromatic carboxylic acids is 1. The van der Waals surface area contributed by atoms with Crippen molar-refractivity contribution in [1.82, 2.24) is 9.88 Å². The van der Waals surface area contributed by atoms with Crippen LogP contribution in [0.2, 0.25) is 0 Å². The number of hydrogen-bond acceptors (Lipinski definition) is 6. The van der Waals surface area contributed by atoms with Gasteiger partial charge in [0.05, 0.1) is 17.3 Å². The summed E-state index contributed by atoms with van der Waals surface area (Å²) < 4.78 is 5.92. The molecule has 1 saturated heterocycles. The maximum absolute atomic E-state index is 11.0. The lowest BCUT2D eigenvalue weighted by atomic mass is 9.96. The second kappa shape index (κ2) is 8.67. The highest BCUT2D eigenvalue weighted by Gasteiger charge is 2.43. The maximum Gasteiger partial charge on any atom is 0.335 e. The van der Waals surface area contributed by atoms with Gasteiger partial charge in [0.1, 0.15) is 18.4 Å². The van der Waals surface area contributed by atoms with Gasteiger partial charge in [0.25, 0.3) is 0 Å². The first-order valence-electron chi connectivity index (χ1n) is 10.6. The third kappa shape index (κ3) is 4.08. The summed E-state index contributed by atoms with van der Waals surface area (Å²) >= 11 is 1.83. The van der Waals surface area contributed by atoms with E-state index in [-0.39, 0.29) is 17.6 Å². The molecule has 0 radical (unpaired) electrons. The normalized spacial score (nSPS) is 21.8. The van der Waals surface area contributed by atoms with Crippen molar-refractivity contribution in [3.8, 4) is 5.75 Å². The summed E-state index contributed by atoms with van der Waals surface area (Å²) in [7, 11) is 0. The smallest absolute Gasteiger partial charge is 0.335 e. The number of rotatable bonds is 6. The van der Waals surface area contributed by atoms with E-state index < -0.39 is 5.97 Å². The molecule has 32 heavy (non-hydrogen) atoms. The number of aromatic nitrogens is 1. The zero-order valence-corrected chi connectivity index (χ0v) is 18.4. The van der Waals surface area contributed by atoms with Crippen LogP contribution in [0.5, 0.6) is 5.75 Å². The number of hydrogen-bond donors (Lipinski definition) is 1. The number of carboxylic acids is 1. The summed E-state index contributed by atoms with van der Waals surface area (Å²) in [5.41, 5.74) is 3.37. The highest BCUT2D eigenvalue weighted by molar-refractivity contribution is 8.14. The van der Waals surface area contributed by atoms with Crippen LogP contribution in [0, 0.1) is 0 Å². The summed E-state index contributed by atoms with van der Waals surface area (Å²) in [4.78, 5) is 23.0. The van der Waals surface area contributed by atoms with Gasteiger partial charge in [0, 0.05) is 18.0 Å². The quantitative estimate of drug-likeness (QED) is 0.579. The molecule has 0 bridgehead atoms. The molecule has 0 amide bonds. The van der Waals surface area contributed by atoms with Crippen molar-refractivity contribution < 1.29 is 14.6 Å². The lowest BCUT2D eigenvalue weighted by Crippen LogP contribution is -2.28. The van der Waals surface area contributed by atoms with Crippen molar-refractivity contribution in [2.24, 2.45) is 4.99 Å². The van der Waals surface area contributed by atoms with Gasteiger partial charge in [-0.25, -0.2) is 4.79 Å². The van der Waals surface area contributed by atoms with E-state index in [1.54, 1.807) is 24.3 Å². The van der Waals surface area contributed by atoms with E-state index in [0.717, 1.165) is 28.7 Å². The predicted octanol–water partition coefficient (Wildman–Crippen LogP) is 4.95. The molecule has 1 fully saturated rings. The van der Waals surface area contributed by atoms with Crippen molar-refractivity contribution in [2.45, 2.75) is 30.9 Å². The molecule has 6 nitrogen and oxygen atoms in total. The number of amidine groups is 1. The van der Waals surface area contributed by atoms with Crippen LogP contribution in [0.1, 0.15) is 46.2 Å². The maximum atomic E-state index is 11.0. The summed E-state index contributed by atoms with van der Waals surface area (Å²) in [6.45, 7) is 3.59. The van der Waals surface area contributed by atoms with Crippen LogP contribution in [-0.2, 0) is 6.61 Å². The highest BCUT2D eigenvalue weighted by atomic mass is 32.2. The van der Waals surface area contributed by atoms with Crippen molar-refractivity contribution in [1.29, 1.82) is 0 Å². The summed E-state index contributed by atoms with van der Waals surface area (Å²) in [6, 6.07) is 21.0.